The van der Waals surface area contributed by atoms with Gasteiger partial charge in [0.15, 0.2) is 5.79 Å². The van der Waals surface area contributed by atoms with Crippen LogP contribution in [0.5, 0.6) is 0 Å². The van der Waals surface area contributed by atoms with Gasteiger partial charge in [0.05, 0.1) is 23.3 Å². The summed E-state index contributed by atoms with van der Waals surface area (Å²) in [6, 6.07) is 6.76. The van der Waals surface area contributed by atoms with Gasteiger partial charge in [-0.1, -0.05) is 12.1 Å². The van der Waals surface area contributed by atoms with Crippen molar-refractivity contribution in [1.29, 1.82) is 0 Å². The summed E-state index contributed by atoms with van der Waals surface area (Å²) in [4.78, 5) is 26.7. The minimum absolute atomic E-state index is 0.0435. The van der Waals surface area contributed by atoms with Gasteiger partial charge in [-0.05, 0) is 45.2 Å². The van der Waals surface area contributed by atoms with Crippen LogP contribution < -0.4 is 0 Å². The molecule has 4 rings (SSSR count). The highest BCUT2D eigenvalue weighted by atomic mass is 16.8. The van der Waals surface area contributed by atoms with Gasteiger partial charge in [-0.3, -0.25) is 14.5 Å². The summed E-state index contributed by atoms with van der Waals surface area (Å²) in [5.41, 5.74) is 0.987. The molecular weight excluding hydrogens is 282 g/mol. The molecule has 1 aromatic carbocycles. The predicted molar refractivity (Wildman–Crippen MR) is 78.4 cm³/mol. The molecule has 2 heterocycles. The number of hydrogen-bond acceptors (Lipinski definition) is 4. The quantitative estimate of drug-likeness (QED) is 0.747. The van der Waals surface area contributed by atoms with Gasteiger partial charge in [-0.25, -0.2) is 0 Å². The Labute approximate surface area is 129 Å². The van der Waals surface area contributed by atoms with Crippen molar-refractivity contribution in [3.8, 4) is 0 Å². The van der Waals surface area contributed by atoms with Crippen molar-refractivity contribution in [3.63, 3.8) is 0 Å². The molecule has 3 atom stereocenters. The molecule has 1 aromatic rings. The molecule has 0 radical (unpaired) electrons. The maximum Gasteiger partial charge on any atom is 0.261 e. The average molecular weight is 301 g/mol. The van der Waals surface area contributed by atoms with Crippen LogP contribution in [0.15, 0.2) is 24.3 Å². The highest BCUT2D eigenvalue weighted by Crippen LogP contribution is 2.40. The van der Waals surface area contributed by atoms with Crippen molar-refractivity contribution in [3.05, 3.63) is 35.4 Å². The fraction of sp³-hybridized carbons (Fsp3) is 0.529. The van der Waals surface area contributed by atoms with Crippen LogP contribution in [-0.4, -0.2) is 40.8 Å². The highest BCUT2D eigenvalue weighted by molar-refractivity contribution is 6.21. The number of imide groups is 1. The highest BCUT2D eigenvalue weighted by Gasteiger charge is 2.52. The molecule has 0 bridgehead atoms. The Bertz CT molecular complexity index is 619. The second kappa shape index (κ2) is 4.64. The van der Waals surface area contributed by atoms with E-state index in [1.54, 1.807) is 24.3 Å². The predicted octanol–water partition coefficient (Wildman–Crippen LogP) is 2.36. The van der Waals surface area contributed by atoms with E-state index in [-0.39, 0.29) is 30.1 Å². The molecule has 5 heteroatoms. The average Bonchev–Trinajstić information content (AvgIpc) is 2.93. The first-order valence-electron chi connectivity index (χ1n) is 7.80. The lowest BCUT2D eigenvalue weighted by molar-refractivity contribution is -0.148. The summed E-state index contributed by atoms with van der Waals surface area (Å²) < 4.78 is 11.9. The monoisotopic (exact) mass is 301 g/mol. The summed E-state index contributed by atoms with van der Waals surface area (Å²) in [7, 11) is 0. The first-order valence-corrected chi connectivity index (χ1v) is 7.80. The van der Waals surface area contributed by atoms with E-state index in [0.29, 0.717) is 11.1 Å². The normalized spacial score (nSPS) is 33.0. The van der Waals surface area contributed by atoms with Gasteiger partial charge >= 0.3 is 0 Å². The molecule has 1 aliphatic carbocycles. The number of benzene rings is 1. The van der Waals surface area contributed by atoms with E-state index in [4.69, 9.17) is 9.47 Å². The molecule has 1 saturated heterocycles. The van der Waals surface area contributed by atoms with Crippen molar-refractivity contribution < 1.29 is 19.1 Å². The zero-order valence-electron chi connectivity index (χ0n) is 12.7. The maximum absolute atomic E-state index is 12.7. The van der Waals surface area contributed by atoms with Crippen LogP contribution in [0.1, 0.15) is 53.8 Å². The molecule has 2 fully saturated rings. The van der Waals surface area contributed by atoms with Crippen molar-refractivity contribution >= 4 is 11.8 Å². The Kier molecular flexibility index (Phi) is 2.93. The van der Waals surface area contributed by atoms with Crippen LogP contribution in [0.2, 0.25) is 0 Å². The minimum Gasteiger partial charge on any atom is -0.344 e. The molecule has 0 unspecified atom stereocenters. The summed E-state index contributed by atoms with van der Waals surface area (Å²) in [5.74, 6) is -1.07. The van der Waals surface area contributed by atoms with Crippen molar-refractivity contribution in [1.82, 2.24) is 4.90 Å². The Hall–Kier alpha value is -1.72. The van der Waals surface area contributed by atoms with E-state index < -0.39 is 5.79 Å². The van der Waals surface area contributed by atoms with Gasteiger partial charge in [0, 0.05) is 0 Å². The number of fused-ring (bicyclic) bond motifs is 2. The zero-order chi connectivity index (χ0) is 15.5. The summed E-state index contributed by atoms with van der Waals surface area (Å²) in [6.45, 7) is 3.76. The molecule has 3 aliphatic rings. The molecule has 0 spiro atoms. The van der Waals surface area contributed by atoms with Gasteiger partial charge in [-0.15, -0.1) is 0 Å². The summed E-state index contributed by atoms with van der Waals surface area (Å²) in [5, 5.41) is 0. The van der Waals surface area contributed by atoms with Crippen LogP contribution in [0.3, 0.4) is 0 Å². The molecular formula is C17H19NO4. The Morgan fingerprint density at radius 1 is 1.05 bits per heavy atom. The van der Waals surface area contributed by atoms with E-state index in [1.807, 2.05) is 13.8 Å². The first kappa shape index (κ1) is 13.9. The number of carbonyl (C=O) groups is 2. The third-order valence-corrected chi connectivity index (χ3v) is 4.75. The van der Waals surface area contributed by atoms with Crippen LogP contribution in [0.4, 0.5) is 0 Å². The number of amides is 2. The van der Waals surface area contributed by atoms with E-state index in [9.17, 15) is 9.59 Å². The molecule has 5 nitrogen and oxygen atoms in total. The number of rotatable bonds is 1. The van der Waals surface area contributed by atoms with Crippen LogP contribution >= 0.6 is 0 Å². The lowest BCUT2D eigenvalue weighted by Gasteiger charge is -2.36. The zero-order valence-corrected chi connectivity index (χ0v) is 12.7. The fourth-order valence-corrected chi connectivity index (χ4v) is 3.89. The van der Waals surface area contributed by atoms with E-state index >= 15 is 0 Å². The second-order valence-corrected chi connectivity index (χ2v) is 6.66. The van der Waals surface area contributed by atoms with E-state index in [2.05, 4.69) is 0 Å². The Morgan fingerprint density at radius 2 is 1.68 bits per heavy atom. The van der Waals surface area contributed by atoms with E-state index in [0.717, 1.165) is 19.3 Å². The smallest absolute Gasteiger partial charge is 0.261 e. The van der Waals surface area contributed by atoms with Gasteiger partial charge in [0.25, 0.3) is 11.8 Å². The topological polar surface area (TPSA) is 55.8 Å². The Morgan fingerprint density at radius 3 is 2.32 bits per heavy atom. The lowest BCUT2D eigenvalue weighted by Crippen LogP contribution is -2.52. The molecule has 116 valence electrons. The third-order valence-electron chi connectivity index (χ3n) is 4.75. The SMILES string of the molecule is CC1(C)O[C@H]2[C@H](N3C(=O)c4ccccc4C3=O)CCC[C@H]2O1. The summed E-state index contributed by atoms with van der Waals surface area (Å²) >= 11 is 0. The number of hydrogen-bond donors (Lipinski definition) is 0. The van der Waals surface area contributed by atoms with Gasteiger partial charge in [0.2, 0.25) is 0 Å². The third kappa shape index (κ3) is 1.92. The van der Waals surface area contributed by atoms with Gasteiger partial charge < -0.3 is 9.47 Å². The van der Waals surface area contributed by atoms with Gasteiger partial charge in [-0.2, -0.15) is 0 Å². The summed E-state index contributed by atoms with van der Waals surface area (Å²) in [6.07, 6.45) is 2.34. The van der Waals surface area contributed by atoms with Crippen LogP contribution in [0.25, 0.3) is 0 Å². The molecule has 2 amide bonds. The molecule has 0 aromatic heterocycles. The molecule has 1 saturated carbocycles. The minimum atomic E-state index is -0.656. The van der Waals surface area contributed by atoms with Gasteiger partial charge in [0.1, 0.15) is 6.10 Å². The fourth-order valence-electron chi connectivity index (χ4n) is 3.89. The number of ether oxygens (including phenoxy) is 2. The van der Waals surface area contributed by atoms with Crippen LogP contribution in [0, 0.1) is 0 Å². The first-order chi connectivity index (χ1) is 10.5. The molecule has 22 heavy (non-hydrogen) atoms. The number of nitrogens with zero attached hydrogens (tertiary/aromatic N) is 1. The van der Waals surface area contributed by atoms with Crippen molar-refractivity contribution in [2.75, 3.05) is 0 Å². The van der Waals surface area contributed by atoms with E-state index in [1.165, 1.54) is 4.90 Å². The van der Waals surface area contributed by atoms with Crippen LogP contribution in [-0.2, 0) is 9.47 Å². The van der Waals surface area contributed by atoms with Crippen molar-refractivity contribution in [2.24, 2.45) is 0 Å². The second-order valence-electron chi connectivity index (χ2n) is 6.66. The standard InChI is InChI=1S/C17H19NO4/c1-17(2)21-13-9-5-8-12(14(13)22-17)18-15(19)10-6-3-4-7-11(10)16(18)20/h3-4,6-7,12-14H,5,8-9H2,1-2H3/t12-,13-,14+/m1/s1. The lowest BCUT2D eigenvalue weighted by atomic mass is 9.89. The Balaban J connectivity index is 1.68. The molecule has 0 N–H and O–H groups in total. The van der Waals surface area contributed by atoms with Crippen molar-refractivity contribution in [2.45, 2.75) is 57.1 Å². The molecule has 2 aliphatic heterocycles. The number of carbonyl (C=O) groups excluding carboxylic acids is 2. The largest absolute Gasteiger partial charge is 0.344 e. The maximum atomic E-state index is 12.7.